The van der Waals surface area contributed by atoms with Crippen LogP contribution in [0.1, 0.15) is 49.4 Å². The Labute approximate surface area is 174 Å². The molecular formula is C18H34IN5S. The quantitative estimate of drug-likeness (QED) is 0.372. The van der Waals surface area contributed by atoms with Crippen LogP contribution in [-0.2, 0) is 6.54 Å². The molecule has 2 rings (SSSR count). The van der Waals surface area contributed by atoms with E-state index in [0.29, 0.717) is 12.0 Å². The van der Waals surface area contributed by atoms with Crippen molar-refractivity contribution in [1.82, 2.24) is 20.5 Å². The molecule has 1 fully saturated rings. The molecule has 1 saturated heterocycles. The normalized spacial score (nSPS) is 17.7. The second-order valence-corrected chi connectivity index (χ2v) is 8.23. The molecule has 1 aliphatic heterocycles. The molecule has 1 atom stereocenters. The maximum Gasteiger partial charge on any atom is 0.191 e. The molecule has 0 aromatic carbocycles. The summed E-state index contributed by atoms with van der Waals surface area (Å²) >= 11 is 1.73. The SMILES string of the molecule is CN=C(NCc1cnc(C)s1)NCC(C(C)C)N1CCCCCC1.I. The van der Waals surface area contributed by atoms with Gasteiger partial charge >= 0.3 is 0 Å². The van der Waals surface area contributed by atoms with Crippen molar-refractivity contribution >= 4 is 41.3 Å². The van der Waals surface area contributed by atoms with Crippen molar-refractivity contribution in [3.05, 3.63) is 16.1 Å². The average molecular weight is 479 g/mol. The Morgan fingerprint density at radius 3 is 2.44 bits per heavy atom. The molecule has 0 spiro atoms. The highest BCUT2D eigenvalue weighted by molar-refractivity contribution is 14.0. The van der Waals surface area contributed by atoms with Gasteiger partial charge in [-0.2, -0.15) is 0 Å². The Morgan fingerprint density at radius 1 is 1.24 bits per heavy atom. The Morgan fingerprint density at radius 2 is 1.92 bits per heavy atom. The predicted molar refractivity (Wildman–Crippen MR) is 119 cm³/mol. The molecule has 2 heterocycles. The molecule has 5 nitrogen and oxygen atoms in total. The Hall–Kier alpha value is -0.410. The van der Waals surface area contributed by atoms with Gasteiger partial charge in [0.1, 0.15) is 0 Å². The molecule has 2 N–H and O–H groups in total. The van der Waals surface area contributed by atoms with Gasteiger partial charge in [-0.1, -0.05) is 26.7 Å². The fraction of sp³-hybridized carbons (Fsp3) is 0.778. The van der Waals surface area contributed by atoms with E-state index in [1.807, 2.05) is 20.2 Å². The Balaban J connectivity index is 0.00000312. The number of hydrogen-bond acceptors (Lipinski definition) is 4. The molecule has 0 bridgehead atoms. The lowest BCUT2D eigenvalue weighted by atomic mass is 10.0. The second-order valence-electron chi connectivity index (χ2n) is 6.91. The fourth-order valence-electron chi connectivity index (χ4n) is 3.29. The number of nitrogens with zero attached hydrogens (tertiary/aromatic N) is 3. The summed E-state index contributed by atoms with van der Waals surface area (Å²) in [6.45, 7) is 10.9. The summed E-state index contributed by atoms with van der Waals surface area (Å²) in [5.74, 6) is 1.51. The minimum Gasteiger partial charge on any atom is -0.355 e. The van der Waals surface area contributed by atoms with Crippen LogP contribution < -0.4 is 10.6 Å². The minimum absolute atomic E-state index is 0. The lowest BCUT2D eigenvalue weighted by molar-refractivity contribution is 0.161. The number of thiazole rings is 1. The van der Waals surface area contributed by atoms with Crippen LogP contribution in [0.25, 0.3) is 0 Å². The van der Waals surface area contributed by atoms with Gasteiger partial charge in [0, 0.05) is 30.7 Å². The van der Waals surface area contributed by atoms with Gasteiger partial charge in [0.25, 0.3) is 0 Å². The summed E-state index contributed by atoms with van der Waals surface area (Å²) in [6, 6.07) is 0.562. The van der Waals surface area contributed by atoms with Crippen LogP contribution in [0.5, 0.6) is 0 Å². The van der Waals surface area contributed by atoms with Gasteiger partial charge < -0.3 is 10.6 Å². The summed E-state index contributed by atoms with van der Waals surface area (Å²) in [5, 5.41) is 8.03. The molecule has 1 aromatic heterocycles. The van der Waals surface area contributed by atoms with Crippen molar-refractivity contribution in [1.29, 1.82) is 0 Å². The zero-order chi connectivity index (χ0) is 17.4. The van der Waals surface area contributed by atoms with Crippen LogP contribution in [0.3, 0.4) is 0 Å². The third-order valence-corrected chi connectivity index (χ3v) is 5.59. The molecular weight excluding hydrogens is 445 g/mol. The minimum atomic E-state index is 0. The van der Waals surface area contributed by atoms with Crippen LogP contribution >= 0.6 is 35.3 Å². The first kappa shape index (κ1) is 22.6. The monoisotopic (exact) mass is 479 g/mol. The fourth-order valence-corrected chi connectivity index (χ4v) is 4.03. The zero-order valence-electron chi connectivity index (χ0n) is 16.0. The molecule has 0 aliphatic carbocycles. The van der Waals surface area contributed by atoms with Crippen LogP contribution in [0.2, 0.25) is 0 Å². The first-order valence-electron chi connectivity index (χ1n) is 9.20. The molecule has 0 amide bonds. The summed E-state index contributed by atoms with van der Waals surface area (Å²) in [6.07, 6.45) is 7.37. The molecule has 7 heteroatoms. The number of rotatable bonds is 6. The van der Waals surface area contributed by atoms with Crippen molar-refractivity contribution in [2.75, 3.05) is 26.7 Å². The summed E-state index contributed by atoms with van der Waals surface area (Å²) in [5.41, 5.74) is 0. The summed E-state index contributed by atoms with van der Waals surface area (Å²) in [4.78, 5) is 12.6. The number of guanidine groups is 1. The van der Waals surface area contributed by atoms with E-state index >= 15 is 0 Å². The lowest BCUT2D eigenvalue weighted by Gasteiger charge is -2.34. The van der Waals surface area contributed by atoms with Crippen molar-refractivity contribution in [3.63, 3.8) is 0 Å². The predicted octanol–water partition coefficient (Wildman–Crippen LogP) is 3.64. The van der Waals surface area contributed by atoms with E-state index in [4.69, 9.17) is 0 Å². The molecule has 25 heavy (non-hydrogen) atoms. The number of aliphatic imine (C=N–C) groups is 1. The molecule has 144 valence electrons. The van der Waals surface area contributed by atoms with Crippen molar-refractivity contribution in [2.24, 2.45) is 10.9 Å². The number of aryl methyl sites for hydroxylation is 1. The number of aromatic nitrogens is 1. The highest BCUT2D eigenvalue weighted by atomic mass is 127. The third kappa shape index (κ3) is 7.78. The molecule has 1 unspecified atom stereocenters. The van der Waals surface area contributed by atoms with Gasteiger partial charge in [-0.15, -0.1) is 35.3 Å². The van der Waals surface area contributed by atoms with Crippen molar-refractivity contribution < 1.29 is 0 Å². The number of halogens is 1. The molecule has 1 aliphatic rings. The van der Waals surface area contributed by atoms with Gasteiger partial charge in [0.15, 0.2) is 5.96 Å². The number of likely N-dealkylation sites (tertiary alicyclic amines) is 1. The third-order valence-electron chi connectivity index (χ3n) is 4.68. The van der Waals surface area contributed by atoms with E-state index in [0.717, 1.165) is 24.1 Å². The Bertz CT molecular complexity index is 509. The van der Waals surface area contributed by atoms with E-state index in [1.54, 1.807) is 11.3 Å². The van der Waals surface area contributed by atoms with Crippen molar-refractivity contribution in [3.8, 4) is 0 Å². The number of hydrogen-bond donors (Lipinski definition) is 2. The topological polar surface area (TPSA) is 52.6 Å². The summed E-state index contributed by atoms with van der Waals surface area (Å²) in [7, 11) is 1.84. The Kier molecular flexibility index (Phi) is 10.9. The van der Waals surface area contributed by atoms with Gasteiger partial charge in [0.05, 0.1) is 11.6 Å². The van der Waals surface area contributed by atoms with Crippen molar-refractivity contribution in [2.45, 2.75) is 59.0 Å². The first-order chi connectivity index (χ1) is 11.6. The lowest BCUT2D eigenvalue weighted by Crippen LogP contribution is -2.49. The number of nitrogens with one attached hydrogen (secondary N) is 2. The van der Waals surface area contributed by atoms with E-state index in [-0.39, 0.29) is 24.0 Å². The smallest absolute Gasteiger partial charge is 0.191 e. The molecule has 0 saturated carbocycles. The van der Waals surface area contributed by atoms with Gasteiger partial charge in [-0.3, -0.25) is 9.89 Å². The van der Waals surface area contributed by atoms with Crippen LogP contribution in [0.15, 0.2) is 11.2 Å². The molecule has 1 aromatic rings. The van der Waals surface area contributed by atoms with E-state index < -0.39 is 0 Å². The maximum atomic E-state index is 4.36. The second kappa shape index (κ2) is 12.1. The van der Waals surface area contributed by atoms with Crippen LogP contribution in [0, 0.1) is 12.8 Å². The maximum absolute atomic E-state index is 4.36. The summed E-state index contributed by atoms with van der Waals surface area (Å²) < 4.78 is 0. The van der Waals surface area contributed by atoms with Gasteiger partial charge in [-0.25, -0.2) is 4.98 Å². The first-order valence-corrected chi connectivity index (χ1v) is 10.0. The van der Waals surface area contributed by atoms with Gasteiger partial charge in [0.2, 0.25) is 0 Å². The highest BCUT2D eigenvalue weighted by Gasteiger charge is 2.22. The highest BCUT2D eigenvalue weighted by Crippen LogP contribution is 2.17. The average Bonchev–Trinajstić information content (AvgIpc) is 2.81. The molecule has 0 radical (unpaired) electrons. The standard InChI is InChI=1S/C18H33N5S.HI/c1-14(2)17(23-9-7-5-6-8-10-23)13-22-18(19-4)21-12-16-11-20-15(3)24-16;/h11,14,17H,5-10,12-13H2,1-4H3,(H2,19,21,22);1H. The van der Waals surface area contributed by atoms with E-state index in [2.05, 4.69) is 39.4 Å². The zero-order valence-corrected chi connectivity index (χ0v) is 19.2. The van der Waals surface area contributed by atoms with E-state index in [9.17, 15) is 0 Å². The van der Waals surface area contributed by atoms with Crippen LogP contribution in [0.4, 0.5) is 0 Å². The van der Waals surface area contributed by atoms with E-state index in [1.165, 1.54) is 43.6 Å². The van der Waals surface area contributed by atoms with Gasteiger partial charge in [-0.05, 0) is 38.8 Å². The largest absolute Gasteiger partial charge is 0.355 e. The van der Waals surface area contributed by atoms with Crippen LogP contribution in [-0.4, -0.2) is 48.6 Å².